The van der Waals surface area contributed by atoms with Gasteiger partial charge in [0, 0.05) is 18.2 Å². The average molecular weight is 466 g/mol. The maximum Gasteiger partial charge on any atom is 0.270 e. The van der Waals surface area contributed by atoms with Crippen LogP contribution in [0.15, 0.2) is 84.9 Å². The van der Waals surface area contributed by atoms with Gasteiger partial charge in [-0.25, -0.2) is 4.98 Å². The first-order valence-corrected chi connectivity index (χ1v) is 12.7. The molecule has 1 atom stereocenters. The van der Waals surface area contributed by atoms with Crippen molar-refractivity contribution in [1.82, 2.24) is 14.9 Å². The summed E-state index contributed by atoms with van der Waals surface area (Å²) < 4.78 is 1.93. The Morgan fingerprint density at radius 1 is 0.857 bits per heavy atom. The van der Waals surface area contributed by atoms with Crippen LogP contribution < -0.4 is 5.32 Å². The summed E-state index contributed by atoms with van der Waals surface area (Å²) in [6, 6.07) is 28.7. The van der Waals surface area contributed by atoms with Gasteiger partial charge in [0.05, 0.1) is 6.04 Å². The summed E-state index contributed by atoms with van der Waals surface area (Å²) in [4.78, 5) is 18.8. The maximum atomic E-state index is 13.8. The molecule has 0 aliphatic rings. The molecule has 0 radical (unpaired) electrons. The van der Waals surface area contributed by atoms with Crippen LogP contribution in [0.1, 0.15) is 67.2 Å². The lowest BCUT2D eigenvalue weighted by molar-refractivity contribution is 0.0926. The lowest BCUT2D eigenvalue weighted by Crippen LogP contribution is -2.30. The average Bonchev–Trinajstić information content (AvgIpc) is 3.25. The molecule has 1 N–H and O–H groups in total. The topological polar surface area (TPSA) is 46.9 Å². The largest absolute Gasteiger partial charge is 0.344 e. The zero-order valence-corrected chi connectivity index (χ0v) is 21.0. The maximum absolute atomic E-state index is 13.8. The number of aryl methyl sites for hydroxylation is 1. The van der Waals surface area contributed by atoms with E-state index in [1.54, 1.807) is 0 Å². The van der Waals surface area contributed by atoms with Crippen LogP contribution in [0, 0.1) is 0 Å². The number of nitrogens with one attached hydrogen (secondary N) is 1. The fourth-order valence-electron chi connectivity index (χ4n) is 4.57. The predicted molar refractivity (Wildman–Crippen MR) is 144 cm³/mol. The van der Waals surface area contributed by atoms with E-state index in [0.717, 1.165) is 54.6 Å². The molecule has 4 nitrogen and oxygen atoms in total. The van der Waals surface area contributed by atoms with E-state index in [-0.39, 0.29) is 11.9 Å². The molecule has 1 amide bonds. The number of benzene rings is 3. The van der Waals surface area contributed by atoms with Gasteiger partial charge in [-0.05, 0) is 24.0 Å². The summed E-state index contributed by atoms with van der Waals surface area (Å²) in [6.45, 7) is 4.36. The standard InChI is InChI=1S/C31H35N3O/c1-4-6-18-27(24-14-9-7-10-15-24)32-31(35)29-28(25-21-19-23(13-5-2)20-22-25)33-30(34(29)3)26-16-11-8-12-17-26/h7-12,14-17,19-22,27H,4-6,13,18H2,1-3H3,(H,32,35). The molecular weight excluding hydrogens is 430 g/mol. The number of carbonyl (C=O) groups excluding carboxylic acids is 1. The van der Waals surface area contributed by atoms with Crippen molar-refractivity contribution in [3.05, 3.63) is 102 Å². The van der Waals surface area contributed by atoms with E-state index in [1.807, 2.05) is 60.1 Å². The molecule has 4 aromatic rings. The molecule has 0 saturated heterocycles. The highest BCUT2D eigenvalue weighted by atomic mass is 16.2. The van der Waals surface area contributed by atoms with Gasteiger partial charge >= 0.3 is 0 Å². The number of rotatable bonds is 10. The normalized spacial score (nSPS) is 11.9. The molecule has 1 unspecified atom stereocenters. The highest BCUT2D eigenvalue weighted by Gasteiger charge is 2.25. The van der Waals surface area contributed by atoms with Crippen molar-refractivity contribution < 1.29 is 4.79 Å². The van der Waals surface area contributed by atoms with Crippen LogP contribution in [-0.2, 0) is 13.5 Å². The third-order valence-electron chi connectivity index (χ3n) is 6.46. The second-order valence-electron chi connectivity index (χ2n) is 9.08. The van der Waals surface area contributed by atoms with Crippen molar-refractivity contribution in [3.8, 4) is 22.6 Å². The molecule has 35 heavy (non-hydrogen) atoms. The minimum atomic E-state index is -0.0974. The number of hydrogen-bond donors (Lipinski definition) is 1. The minimum absolute atomic E-state index is 0.0431. The summed E-state index contributed by atoms with van der Waals surface area (Å²) in [7, 11) is 1.93. The molecule has 1 heterocycles. The van der Waals surface area contributed by atoms with Crippen LogP contribution >= 0.6 is 0 Å². The third kappa shape index (κ3) is 5.71. The first kappa shape index (κ1) is 24.5. The van der Waals surface area contributed by atoms with Crippen LogP contribution in [0.25, 0.3) is 22.6 Å². The Morgan fingerprint density at radius 2 is 1.51 bits per heavy atom. The third-order valence-corrected chi connectivity index (χ3v) is 6.46. The second-order valence-corrected chi connectivity index (χ2v) is 9.08. The van der Waals surface area contributed by atoms with E-state index >= 15 is 0 Å². The van der Waals surface area contributed by atoms with Gasteiger partial charge in [0.2, 0.25) is 0 Å². The number of nitrogens with zero attached hydrogens (tertiary/aromatic N) is 2. The van der Waals surface area contributed by atoms with Crippen molar-refractivity contribution in [1.29, 1.82) is 0 Å². The molecule has 4 rings (SSSR count). The van der Waals surface area contributed by atoms with Gasteiger partial charge in [-0.2, -0.15) is 0 Å². The summed E-state index contributed by atoms with van der Waals surface area (Å²) >= 11 is 0. The van der Waals surface area contributed by atoms with Crippen LogP contribution in [0.4, 0.5) is 0 Å². The number of hydrogen-bond acceptors (Lipinski definition) is 2. The lowest BCUT2D eigenvalue weighted by atomic mass is 10.0. The zero-order valence-electron chi connectivity index (χ0n) is 21.0. The highest BCUT2D eigenvalue weighted by Crippen LogP contribution is 2.30. The molecule has 4 heteroatoms. The van der Waals surface area contributed by atoms with E-state index in [4.69, 9.17) is 4.98 Å². The molecule has 3 aromatic carbocycles. The molecular formula is C31H35N3O. The van der Waals surface area contributed by atoms with Crippen LogP contribution in [0.5, 0.6) is 0 Å². The van der Waals surface area contributed by atoms with Crippen molar-refractivity contribution in [3.63, 3.8) is 0 Å². The number of amides is 1. The summed E-state index contributed by atoms with van der Waals surface area (Å²) in [5.74, 6) is 0.688. The molecule has 0 spiro atoms. The Bertz CT molecular complexity index is 1230. The Kier molecular flexibility index (Phi) is 8.15. The van der Waals surface area contributed by atoms with Crippen LogP contribution in [-0.4, -0.2) is 15.5 Å². The Labute approximate surface area is 209 Å². The molecule has 0 aliphatic heterocycles. The summed E-state index contributed by atoms with van der Waals surface area (Å²) in [6.07, 6.45) is 5.18. The van der Waals surface area contributed by atoms with Crippen molar-refractivity contribution >= 4 is 5.91 Å². The molecule has 0 saturated carbocycles. The van der Waals surface area contributed by atoms with Crippen LogP contribution in [0.2, 0.25) is 0 Å². The SMILES string of the molecule is CCCCC(NC(=O)c1c(-c2ccc(CCC)cc2)nc(-c2ccccc2)n1C)c1ccccc1. The van der Waals surface area contributed by atoms with Crippen molar-refractivity contribution in [2.24, 2.45) is 7.05 Å². The van der Waals surface area contributed by atoms with Gasteiger partial charge in [0.25, 0.3) is 5.91 Å². The van der Waals surface area contributed by atoms with E-state index < -0.39 is 0 Å². The number of unbranched alkanes of at least 4 members (excludes halogenated alkanes) is 1. The molecule has 180 valence electrons. The molecule has 1 aromatic heterocycles. The smallest absolute Gasteiger partial charge is 0.270 e. The van der Waals surface area contributed by atoms with Crippen molar-refractivity contribution in [2.45, 2.75) is 52.0 Å². The van der Waals surface area contributed by atoms with Gasteiger partial charge in [0.1, 0.15) is 17.2 Å². The Morgan fingerprint density at radius 3 is 2.14 bits per heavy atom. The zero-order chi connectivity index (χ0) is 24.6. The summed E-state index contributed by atoms with van der Waals surface area (Å²) in [5.41, 5.74) is 5.68. The van der Waals surface area contributed by atoms with E-state index in [9.17, 15) is 4.79 Å². The fourth-order valence-corrected chi connectivity index (χ4v) is 4.57. The minimum Gasteiger partial charge on any atom is -0.344 e. The number of aromatic nitrogens is 2. The summed E-state index contributed by atoms with van der Waals surface area (Å²) in [5, 5.41) is 3.33. The Balaban J connectivity index is 1.75. The van der Waals surface area contributed by atoms with Gasteiger partial charge in [-0.15, -0.1) is 0 Å². The fraction of sp³-hybridized carbons (Fsp3) is 0.290. The second kappa shape index (κ2) is 11.7. The van der Waals surface area contributed by atoms with Gasteiger partial charge in [-0.1, -0.05) is 118 Å². The van der Waals surface area contributed by atoms with E-state index in [0.29, 0.717) is 11.4 Å². The van der Waals surface area contributed by atoms with Gasteiger partial charge < -0.3 is 9.88 Å². The highest BCUT2D eigenvalue weighted by molar-refractivity contribution is 5.99. The first-order valence-electron chi connectivity index (χ1n) is 12.7. The molecule has 0 bridgehead atoms. The number of carbonyl (C=O) groups is 1. The van der Waals surface area contributed by atoms with Crippen molar-refractivity contribution in [2.75, 3.05) is 0 Å². The van der Waals surface area contributed by atoms with E-state index in [2.05, 4.69) is 55.6 Å². The quantitative estimate of drug-likeness (QED) is 0.266. The monoisotopic (exact) mass is 465 g/mol. The van der Waals surface area contributed by atoms with Gasteiger partial charge in [0.15, 0.2) is 0 Å². The lowest BCUT2D eigenvalue weighted by Gasteiger charge is -2.20. The number of imidazole rings is 1. The predicted octanol–water partition coefficient (Wildman–Crippen LogP) is 7.37. The molecule has 0 aliphatic carbocycles. The van der Waals surface area contributed by atoms with Crippen LogP contribution in [0.3, 0.4) is 0 Å². The van der Waals surface area contributed by atoms with Gasteiger partial charge in [-0.3, -0.25) is 4.79 Å². The van der Waals surface area contributed by atoms with E-state index in [1.165, 1.54) is 5.56 Å². The Hall–Kier alpha value is -3.66. The first-order chi connectivity index (χ1) is 17.1. The molecule has 0 fully saturated rings.